The van der Waals surface area contributed by atoms with E-state index < -0.39 is 0 Å². The molecule has 3 aromatic rings. The summed E-state index contributed by atoms with van der Waals surface area (Å²) in [4.78, 5) is 31.8. The molecular formula is C25H29FN2O4S. The van der Waals surface area contributed by atoms with E-state index in [0.29, 0.717) is 39.3 Å². The first-order chi connectivity index (χ1) is 16.0. The maximum absolute atomic E-state index is 13.4. The van der Waals surface area contributed by atoms with Crippen LogP contribution in [0.5, 0.6) is 0 Å². The van der Waals surface area contributed by atoms with Crippen molar-refractivity contribution in [1.82, 2.24) is 9.80 Å². The van der Waals surface area contributed by atoms with E-state index in [2.05, 4.69) is 0 Å². The maximum Gasteiger partial charge on any atom is 0.290 e. The van der Waals surface area contributed by atoms with Crippen LogP contribution in [0, 0.1) is 12.7 Å². The number of ether oxygens (including phenoxy) is 1. The van der Waals surface area contributed by atoms with Crippen LogP contribution in [-0.4, -0.2) is 47.9 Å². The Morgan fingerprint density at radius 1 is 1.06 bits per heavy atom. The smallest absolute Gasteiger partial charge is 0.290 e. The van der Waals surface area contributed by atoms with Gasteiger partial charge in [0, 0.05) is 36.1 Å². The molecular weight excluding hydrogens is 443 g/mol. The summed E-state index contributed by atoms with van der Waals surface area (Å²) < 4.78 is 24.0. The first-order valence-electron chi connectivity index (χ1n) is 10.9. The molecule has 0 saturated heterocycles. The number of hydrogen-bond donors (Lipinski definition) is 0. The molecule has 2 amide bonds. The fraction of sp³-hybridized carbons (Fsp3) is 0.360. The maximum atomic E-state index is 13.4. The van der Waals surface area contributed by atoms with E-state index in [1.807, 2.05) is 26.0 Å². The van der Waals surface area contributed by atoms with E-state index in [1.165, 1.54) is 23.3 Å². The molecule has 33 heavy (non-hydrogen) atoms. The van der Waals surface area contributed by atoms with Gasteiger partial charge in [0.1, 0.15) is 12.4 Å². The first-order valence-corrected chi connectivity index (χ1v) is 11.8. The van der Waals surface area contributed by atoms with Crippen molar-refractivity contribution >= 4 is 23.2 Å². The van der Waals surface area contributed by atoms with Gasteiger partial charge in [-0.2, -0.15) is 0 Å². The van der Waals surface area contributed by atoms with Crippen LogP contribution in [-0.2, 0) is 22.6 Å². The number of hydrogen-bond acceptors (Lipinski definition) is 5. The third-order valence-corrected chi connectivity index (χ3v) is 6.03. The van der Waals surface area contributed by atoms with Crippen LogP contribution in [0.1, 0.15) is 39.2 Å². The number of thiophene rings is 1. The van der Waals surface area contributed by atoms with E-state index >= 15 is 0 Å². The fourth-order valence-electron chi connectivity index (χ4n) is 3.37. The summed E-state index contributed by atoms with van der Waals surface area (Å²) in [6, 6.07) is 13.4. The quantitative estimate of drug-likeness (QED) is 0.352. The first kappa shape index (κ1) is 24.7. The minimum absolute atomic E-state index is 0.0861. The summed E-state index contributed by atoms with van der Waals surface area (Å²) in [5.74, 6) is -0.659. The summed E-state index contributed by atoms with van der Waals surface area (Å²) in [7, 11) is 0. The van der Waals surface area contributed by atoms with Crippen molar-refractivity contribution < 1.29 is 23.1 Å². The molecule has 0 aliphatic rings. The second kappa shape index (κ2) is 12.3. The summed E-state index contributed by atoms with van der Waals surface area (Å²) in [6.45, 7) is 6.04. The number of rotatable bonds is 12. The average molecular weight is 473 g/mol. The van der Waals surface area contributed by atoms with Crippen LogP contribution in [0.4, 0.5) is 4.39 Å². The third-order valence-electron chi connectivity index (χ3n) is 5.05. The highest BCUT2D eigenvalue weighted by Gasteiger charge is 2.24. The highest BCUT2D eigenvalue weighted by Crippen LogP contribution is 2.19. The lowest BCUT2D eigenvalue weighted by Crippen LogP contribution is -2.43. The number of benzene rings is 1. The molecule has 0 atom stereocenters. The van der Waals surface area contributed by atoms with Crippen LogP contribution in [0.2, 0.25) is 0 Å². The molecule has 6 nitrogen and oxygen atoms in total. The zero-order chi connectivity index (χ0) is 23.6. The largest absolute Gasteiger partial charge is 0.459 e. The van der Waals surface area contributed by atoms with Gasteiger partial charge in [-0.25, -0.2) is 4.39 Å². The van der Waals surface area contributed by atoms with Crippen molar-refractivity contribution in [2.45, 2.75) is 33.4 Å². The van der Waals surface area contributed by atoms with E-state index in [0.717, 1.165) is 15.3 Å². The molecule has 3 rings (SSSR count). The molecule has 0 spiro atoms. The van der Waals surface area contributed by atoms with Gasteiger partial charge in [0.05, 0.1) is 12.8 Å². The highest BCUT2D eigenvalue weighted by molar-refractivity contribution is 7.11. The zero-order valence-electron chi connectivity index (χ0n) is 19.0. The Labute approximate surface area is 197 Å². The third kappa shape index (κ3) is 7.54. The summed E-state index contributed by atoms with van der Waals surface area (Å²) in [5.41, 5.74) is 0.818. The predicted octanol–water partition coefficient (Wildman–Crippen LogP) is 4.89. The molecule has 0 bridgehead atoms. The number of carbonyl (C=O) groups excluding carboxylic acids is 2. The van der Waals surface area contributed by atoms with Gasteiger partial charge >= 0.3 is 0 Å². The molecule has 2 heterocycles. The van der Waals surface area contributed by atoms with Crippen LogP contribution in [0.3, 0.4) is 0 Å². The molecule has 0 aliphatic carbocycles. The molecule has 0 fully saturated rings. The minimum atomic E-state index is -0.335. The normalized spacial score (nSPS) is 10.9. The number of furan rings is 1. The van der Waals surface area contributed by atoms with E-state index in [4.69, 9.17) is 9.15 Å². The number of carbonyl (C=O) groups is 2. The Hall–Kier alpha value is -2.97. The minimum Gasteiger partial charge on any atom is -0.459 e. The van der Waals surface area contributed by atoms with Crippen molar-refractivity contribution in [3.8, 4) is 0 Å². The van der Waals surface area contributed by atoms with Gasteiger partial charge < -0.3 is 19.0 Å². The number of nitrogens with zero attached hydrogens (tertiary/aromatic N) is 2. The molecule has 2 aromatic heterocycles. The van der Waals surface area contributed by atoms with Gasteiger partial charge in [-0.1, -0.05) is 12.1 Å². The van der Waals surface area contributed by atoms with Gasteiger partial charge in [-0.05, 0) is 62.2 Å². The Morgan fingerprint density at radius 3 is 2.48 bits per heavy atom. The Kier molecular flexibility index (Phi) is 9.21. The predicted molar refractivity (Wildman–Crippen MR) is 125 cm³/mol. The monoisotopic (exact) mass is 472 g/mol. The van der Waals surface area contributed by atoms with Crippen LogP contribution >= 0.6 is 11.3 Å². The molecule has 0 N–H and O–H groups in total. The topological polar surface area (TPSA) is 63.0 Å². The van der Waals surface area contributed by atoms with E-state index in [9.17, 15) is 14.0 Å². The van der Waals surface area contributed by atoms with Crippen molar-refractivity contribution in [2.24, 2.45) is 0 Å². The summed E-state index contributed by atoms with van der Waals surface area (Å²) >= 11 is 1.62. The summed E-state index contributed by atoms with van der Waals surface area (Å²) in [6.07, 6.45) is 2.04. The molecule has 8 heteroatoms. The van der Waals surface area contributed by atoms with E-state index in [-0.39, 0.29) is 29.9 Å². The number of amides is 2. The van der Waals surface area contributed by atoms with Crippen molar-refractivity contribution in [3.05, 3.63) is 81.7 Å². The van der Waals surface area contributed by atoms with Gasteiger partial charge in [-0.3, -0.25) is 9.59 Å². The van der Waals surface area contributed by atoms with Crippen molar-refractivity contribution in [3.63, 3.8) is 0 Å². The van der Waals surface area contributed by atoms with Crippen molar-refractivity contribution in [2.75, 3.05) is 26.3 Å². The number of halogens is 1. The van der Waals surface area contributed by atoms with E-state index in [1.54, 1.807) is 40.5 Å². The second-order valence-corrected chi connectivity index (χ2v) is 9.02. The SMILES string of the molecule is CCOCCCN(CC(=O)N(Cc1ccc(F)cc1)Cc1ccc(C)s1)C(=O)c1ccco1. The lowest BCUT2D eigenvalue weighted by molar-refractivity contribution is -0.133. The molecule has 0 unspecified atom stereocenters. The van der Waals surface area contributed by atoms with Crippen LogP contribution in [0.25, 0.3) is 0 Å². The fourth-order valence-corrected chi connectivity index (χ4v) is 4.28. The lowest BCUT2D eigenvalue weighted by atomic mass is 10.2. The Morgan fingerprint density at radius 2 is 1.85 bits per heavy atom. The number of aryl methyl sites for hydroxylation is 1. The Bertz CT molecular complexity index is 1020. The van der Waals surface area contributed by atoms with Crippen LogP contribution < -0.4 is 0 Å². The Balaban J connectivity index is 1.76. The van der Waals surface area contributed by atoms with Crippen LogP contribution in [0.15, 0.2) is 59.2 Å². The molecule has 0 aliphatic heterocycles. The molecule has 176 valence electrons. The molecule has 1 aromatic carbocycles. The molecule has 0 radical (unpaired) electrons. The average Bonchev–Trinajstić information content (AvgIpc) is 3.48. The second-order valence-electron chi connectivity index (χ2n) is 7.64. The lowest BCUT2D eigenvalue weighted by Gasteiger charge is -2.27. The van der Waals surface area contributed by atoms with Gasteiger partial charge in [0.15, 0.2) is 5.76 Å². The van der Waals surface area contributed by atoms with Gasteiger partial charge in [0.2, 0.25) is 5.91 Å². The van der Waals surface area contributed by atoms with Crippen molar-refractivity contribution in [1.29, 1.82) is 0 Å². The molecule has 0 saturated carbocycles. The highest BCUT2D eigenvalue weighted by atomic mass is 32.1. The summed E-state index contributed by atoms with van der Waals surface area (Å²) in [5, 5.41) is 0. The standard InChI is InChI=1S/C25H29FN2O4S/c1-3-31-14-5-13-27(25(30)23-6-4-15-32-23)18-24(29)28(17-22-12-7-19(2)33-22)16-20-8-10-21(26)11-9-20/h4,6-12,15H,3,5,13-14,16-18H2,1-2H3. The van der Waals surface area contributed by atoms with Gasteiger partial charge in [0.25, 0.3) is 5.91 Å². The van der Waals surface area contributed by atoms with Gasteiger partial charge in [-0.15, -0.1) is 11.3 Å². The zero-order valence-corrected chi connectivity index (χ0v) is 19.8.